The van der Waals surface area contributed by atoms with E-state index in [1.54, 1.807) is 20.8 Å². The Hall–Kier alpha value is -3.38. The normalized spacial score (nSPS) is 25.3. The summed E-state index contributed by atoms with van der Waals surface area (Å²) in [5, 5.41) is 16.0. The monoisotopic (exact) mass is 682 g/mol. The summed E-state index contributed by atoms with van der Waals surface area (Å²) < 4.78 is 68.3. The van der Waals surface area contributed by atoms with Gasteiger partial charge >= 0.3 is 12.3 Å². The Labute approximate surface area is 269 Å². The Balaban J connectivity index is 1.39. The minimum atomic E-state index is -4.82. The van der Waals surface area contributed by atoms with E-state index in [-0.39, 0.29) is 33.5 Å². The van der Waals surface area contributed by atoms with Gasteiger partial charge in [-0.1, -0.05) is 41.9 Å². The molecule has 2 aliphatic rings. The molecule has 2 saturated heterocycles. The molecule has 4 aromatic rings. The quantitative estimate of drug-likeness (QED) is 0.242. The number of aliphatic hydroxyl groups is 1. The summed E-state index contributed by atoms with van der Waals surface area (Å²) in [4.78, 5) is 20.9. The van der Waals surface area contributed by atoms with E-state index < -0.39 is 65.9 Å². The number of thiazole rings is 1. The number of hydrogen-bond donors (Lipinski definition) is 3. The highest BCUT2D eigenvalue weighted by Crippen LogP contribution is 2.45. The van der Waals surface area contributed by atoms with Gasteiger partial charge in [0.05, 0.1) is 33.6 Å². The topological polar surface area (TPSA) is 142 Å². The first-order valence-electron chi connectivity index (χ1n) is 14.2. The molecule has 0 radical (unpaired) electrons. The van der Waals surface area contributed by atoms with Crippen LogP contribution in [0.25, 0.3) is 15.9 Å². The zero-order valence-electron chi connectivity index (χ0n) is 24.9. The second-order valence-electron chi connectivity index (χ2n) is 11.8. The lowest BCUT2D eigenvalue weighted by Crippen LogP contribution is -2.66. The molecule has 4 unspecified atom stereocenters. The van der Waals surface area contributed by atoms with Crippen LogP contribution in [0.3, 0.4) is 0 Å². The summed E-state index contributed by atoms with van der Waals surface area (Å²) in [6.45, 7) is 6.55. The van der Waals surface area contributed by atoms with E-state index in [0.717, 1.165) is 22.1 Å². The number of benzene rings is 2. The van der Waals surface area contributed by atoms with Crippen LogP contribution in [0, 0.1) is 6.92 Å². The van der Waals surface area contributed by atoms with Crippen molar-refractivity contribution in [3.63, 3.8) is 0 Å². The van der Waals surface area contributed by atoms with E-state index in [1.807, 2.05) is 30.3 Å². The molecule has 2 aromatic heterocycles. The maximum atomic E-state index is 14.6. The van der Waals surface area contributed by atoms with Crippen LogP contribution in [0.5, 0.6) is 0 Å². The van der Waals surface area contributed by atoms with Crippen molar-refractivity contribution >= 4 is 39.2 Å². The van der Waals surface area contributed by atoms with Crippen molar-refractivity contribution in [1.82, 2.24) is 30.6 Å². The maximum Gasteiger partial charge on any atom is 0.422 e. The number of nitrogens with zero attached hydrogens (tertiary/aromatic N) is 4. The van der Waals surface area contributed by atoms with Crippen molar-refractivity contribution in [3.05, 3.63) is 69.7 Å². The average Bonchev–Trinajstić information content (AvgIpc) is 3.62. The second kappa shape index (κ2) is 12.3. The molecule has 4 heterocycles. The molecular weight excluding hydrogens is 653 g/mol. The first-order valence-corrected chi connectivity index (χ1v) is 15.4. The highest BCUT2D eigenvalue weighted by Gasteiger charge is 2.52. The van der Waals surface area contributed by atoms with Gasteiger partial charge in [0.1, 0.15) is 46.9 Å². The Bertz CT molecular complexity index is 1730. The first kappa shape index (κ1) is 32.6. The fourth-order valence-corrected chi connectivity index (χ4v) is 6.63. The third kappa shape index (κ3) is 6.43. The smallest absolute Gasteiger partial charge is 0.422 e. The van der Waals surface area contributed by atoms with Crippen LogP contribution in [-0.4, -0.2) is 67.5 Å². The average molecular weight is 683 g/mol. The van der Waals surface area contributed by atoms with Gasteiger partial charge in [0.25, 0.3) is 0 Å². The van der Waals surface area contributed by atoms with Crippen LogP contribution in [0.1, 0.15) is 55.9 Å². The van der Waals surface area contributed by atoms with Gasteiger partial charge < -0.3 is 24.1 Å². The molecule has 0 spiro atoms. The van der Waals surface area contributed by atoms with E-state index >= 15 is 0 Å². The molecule has 2 aliphatic heterocycles. The number of halogens is 4. The van der Waals surface area contributed by atoms with Gasteiger partial charge in [-0.2, -0.15) is 18.3 Å². The molecule has 0 bridgehead atoms. The van der Waals surface area contributed by atoms with E-state index in [2.05, 4.69) is 25.9 Å². The predicted molar refractivity (Wildman–Crippen MR) is 159 cm³/mol. The molecule has 0 saturated carbocycles. The molecule has 2 aromatic carbocycles. The lowest BCUT2D eigenvalue weighted by atomic mass is 9.91. The molecule has 1 amide bonds. The zero-order valence-corrected chi connectivity index (χ0v) is 26.5. The summed E-state index contributed by atoms with van der Waals surface area (Å²) in [7, 11) is 0. The van der Waals surface area contributed by atoms with Gasteiger partial charge in [-0.15, -0.1) is 11.3 Å². The number of aryl methyl sites for hydroxylation is 1. The summed E-state index contributed by atoms with van der Waals surface area (Å²) >= 11 is 7.17. The van der Waals surface area contributed by atoms with E-state index in [4.69, 9.17) is 30.5 Å². The van der Waals surface area contributed by atoms with Crippen LogP contribution in [0.15, 0.2) is 41.9 Å². The van der Waals surface area contributed by atoms with Crippen molar-refractivity contribution in [2.45, 2.75) is 76.2 Å². The van der Waals surface area contributed by atoms with Gasteiger partial charge in [0.2, 0.25) is 0 Å². The molecule has 2 fully saturated rings. The predicted octanol–water partition coefficient (Wildman–Crippen LogP) is 5.17. The fraction of sp³-hybridized carbons (Fsp3) is 0.448. The number of carbonyl (C=O) groups is 1. The summed E-state index contributed by atoms with van der Waals surface area (Å²) in [5.41, 5.74) is 4.98. The number of alkyl halides is 3. The number of nitrogens with one attached hydrogen (secondary N) is 2. The summed E-state index contributed by atoms with van der Waals surface area (Å²) in [6.07, 6.45) is -11.1. The number of hydrazine groups is 1. The largest absolute Gasteiger partial charge is 0.443 e. The Morgan fingerprint density at radius 2 is 1.93 bits per heavy atom. The van der Waals surface area contributed by atoms with Crippen LogP contribution in [0.4, 0.5) is 18.0 Å². The first-order chi connectivity index (χ1) is 21.7. The number of hydrogen-bond acceptors (Lipinski definition) is 11. The highest BCUT2D eigenvalue weighted by molar-refractivity contribution is 7.17. The number of aliphatic hydroxyl groups excluding tert-OH is 1. The van der Waals surface area contributed by atoms with Crippen LogP contribution < -0.4 is 10.9 Å². The second-order valence-corrected chi connectivity index (χ2v) is 13.0. The molecule has 12 nitrogen and oxygen atoms in total. The number of ether oxygens (including phenoxy) is 4. The zero-order chi connectivity index (χ0) is 33.0. The Kier molecular flexibility index (Phi) is 8.73. The van der Waals surface area contributed by atoms with Crippen LogP contribution in [-0.2, 0) is 25.1 Å². The molecular formula is C29H30ClF3N6O6S. The molecule has 17 heteroatoms. The van der Waals surface area contributed by atoms with Crippen LogP contribution >= 0.6 is 22.9 Å². The minimum Gasteiger partial charge on any atom is -0.443 e. The number of carbonyl (C=O) groups excluding carboxylic acids is 1. The van der Waals surface area contributed by atoms with Crippen molar-refractivity contribution in [3.8, 4) is 5.69 Å². The van der Waals surface area contributed by atoms with Crippen molar-refractivity contribution in [2.24, 2.45) is 0 Å². The molecule has 46 heavy (non-hydrogen) atoms. The van der Waals surface area contributed by atoms with Gasteiger partial charge in [-0.25, -0.2) is 24.9 Å². The van der Waals surface area contributed by atoms with Gasteiger partial charge in [0, 0.05) is 5.56 Å². The van der Waals surface area contributed by atoms with Crippen LogP contribution in [0.2, 0.25) is 5.02 Å². The lowest BCUT2D eigenvalue weighted by molar-refractivity contribution is -0.313. The number of amides is 1. The Morgan fingerprint density at radius 1 is 1.20 bits per heavy atom. The standard InChI is InChI=1S/C29H30ClF3N6O6S/c1-13-35-25(39(38-13)16-10-15(30)19-24(46-12-34-19)18(16)29(31,32)33)23-21(40)20(36-37-27(41)45-28(2,3)4)22-17(43-23)11-42-26(44-22)14-8-6-5-7-9-14/h5-10,12,17,20-23,26,36,40H,11H2,1-4H3,(H,37,41)/t17?,20?,21?,22-,23+,26?/m0/s1. The molecule has 6 atom stereocenters. The van der Waals surface area contributed by atoms with Gasteiger partial charge in [-0.3, -0.25) is 5.43 Å². The SMILES string of the molecule is Cc1nc([C@@H]2OC3COC(c4ccccc4)O[C@@H]3C(NNC(=O)OC(C)(C)C)C2O)n(-c2cc(Cl)c3ncsc3c2C(F)(F)F)n1. The van der Waals surface area contributed by atoms with Gasteiger partial charge in [0.15, 0.2) is 12.1 Å². The molecule has 246 valence electrons. The lowest BCUT2D eigenvalue weighted by Gasteiger charge is -2.48. The number of fused-ring (bicyclic) bond motifs is 2. The maximum absolute atomic E-state index is 14.6. The third-order valence-corrected chi connectivity index (χ3v) is 8.40. The molecule has 6 rings (SSSR count). The van der Waals surface area contributed by atoms with Crippen molar-refractivity contribution in [2.75, 3.05) is 6.61 Å². The van der Waals surface area contributed by atoms with Gasteiger partial charge in [-0.05, 0) is 33.8 Å². The van der Waals surface area contributed by atoms with Crippen molar-refractivity contribution in [1.29, 1.82) is 0 Å². The Morgan fingerprint density at radius 3 is 2.63 bits per heavy atom. The number of aromatic nitrogens is 4. The minimum absolute atomic E-state index is 0.000114. The molecule has 0 aliphatic carbocycles. The van der Waals surface area contributed by atoms with E-state index in [1.165, 1.54) is 12.4 Å². The fourth-order valence-electron chi connectivity index (χ4n) is 5.45. The highest BCUT2D eigenvalue weighted by atomic mass is 35.5. The van der Waals surface area contributed by atoms with E-state index in [9.17, 15) is 23.1 Å². The van der Waals surface area contributed by atoms with Crippen molar-refractivity contribution < 1.29 is 42.0 Å². The van der Waals surface area contributed by atoms with E-state index in [0.29, 0.717) is 5.56 Å². The third-order valence-electron chi connectivity index (χ3n) is 7.27. The number of rotatable bonds is 5. The summed E-state index contributed by atoms with van der Waals surface area (Å²) in [5.74, 6) is -0.0265. The molecule has 3 N–H and O–H groups in total. The summed E-state index contributed by atoms with van der Waals surface area (Å²) in [6, 6.07) is 9.12.